The molecule has 18 heteroatoms. The van der Waals surface area contributed by atoms with Gasteiger partial charge in [-0.05, 0) is 24.1 Å². The molecule has 5 N–H and O–H groups in total. The fourth-order valence-electron chi connectivity index (χ4n) is 3.88. The number of nitrogens with zero attached hydrogens (tertiary/aromatic N) is 6. The summed E-state index contributed by atoms with van der Waals surface area (Å²) >= 11 is 6.19. The molecule has 0 amide bonds. The van der Waals surface area contributed by atoms with Gasteiger partial charge in [0, 0.05) is 7.05 Å². The van der Waals surface area contributed by atoms with Crippen LogP contribution in [0.1, 0.15) is 24.8 Å². The summed E-state index contributed by atoms with van der Waals surface area (Å²) in [6, 6.07) is 9.48. The number of benzene rings is 1. The van der Waals surface area contributed by atoms with Gasteiger partial charge in [-0.2, -0.15) is 14.6 Å². The second-order valence-corrected chi connectivity index (χ2v) is 12.8. The molecule has 0 radical (unpaired) electrons. The number of hydrogen-bond acceptors (Lipinski definition) is 11. The zero-order valence-corrected chi connectivity index (χ0v) is 22.1. The zero-order valence-electron chi connectivity index (χ0n) is 19.5. The van der Waals surface area contributed by atoms with Gasteiger partial charge in [0.2, 0.25) is 5.28 Å². The standard InChI is InChI=1S/C19H25ClN6O9P2/c1-10(11-6-4-3-5-7-11)25(2)16-13-17(22-19(20)21-16)26(24-23-13)18-15(28)14(27)12(35-18)8-34-37(32,33)9-36(29,30)31/h3-7,10,12,14-15,18,27-28H,8-9H2,1-2H3,(H,32,33)(H2,29,30,31)/t10-,12+,14+,15+,18+/m0/s1. The molecule has 0 saturated carbocycles. The van der Waals surface area contributed by atoms with E-state index >= 15 is 0 Å². The highest BCUT2D eigenvalue weighted by molar-refractivity contribution is 7.70. The summed E-state index contributed by atoms with van der Waals surface area (Å²) in [7, 11) is -7.76. The van der Waals surface area contributed by atoms with Gasteiger partial charge in [0.15, 0.2) is 29.1 Å². The van der Waals surface area contributed by atoms with E-state index in [0.29, 0.717) is 5.82 Å². The summed E-state index contributed by atoms with van der Waals surface area (Å²) in [5.74, 6) is -1.06. The molecule has 37 heavy (non-hydrogen) atoms. The molecule has 1 aromatic carbocycles. The number of aromatic nitrogens is 5. The second kappa shape index (κ2) is 10.6. The third-order valence-electron chi connectivity index (χ3n) is 5.86. The van der Waals surface area contributed by atoms with Gasteiger partial charge < -0.3 is 39.1 Å². The predicted octanol–water partition coefficient (Wildman–Crippen LogP) is 1.03. The fourth-order valence-corrected chi connectivity index (χ4v) is 6.61. The Morgan fingerprint density at radius 2 is 1.84 bits per heavy atom. The maximum absolute atomic E-state index is 11.9. The van der Waals surface area contributed by atoms with E-state index in [0.717, 1.165) is 10.2 Å². The molecule has 1 aliphatic heterocycles. The summed E-state index contributed by atoms with van der Waals surface area (Å²) in [5.41, 5.74) is 1.33. The van der Waals surface area contributed by atoms with E-state index in [1.54, 1.807) is 7.05 Å². The van der Waals surface area contributed by atoms with E-state index in [4.69, 9.17) is 30.6 Å². The Hall–Kier alpha value is -2.03. The van der Waals surface area contributed by atoms with Crippen LogP contribution in [0.5, 0.6) is 0 Å². The predicted molar refractivity (Wildman–Crippen MR) is 130 cm³/mol. The summed E-state index contributed by atoms with van der Waals surface area (Å²) in [5, 5.41) is 29.0. The van der Waals surface area contributed by atoms with Crippen LogP contribution in [0.3, 0.4) is 0 Å². The monoisotopic (exact) mass is 578 g/mol. The first kappa shape index (κ1) is 28.0. The molecular weight excluding hydrogens is 554 g/mol. The van der Waals surface area contributed by atoms with Crippen molar-refractivity contribution in [3.8, 4) is 0 Å². The molecule has 0 spiro atoms. The molecule has 3 aromatic rings. The highest BCUT2D eigenvalue weighted by Crippen LogP contribution is 2.55. The normalized spacial score (nSPS) is 24.8. The van der Waals surface area contributed by atoms with Crippen LogP contribution in [0.25, 0.3) is 11.2 Å². The molecule has 1 aliphatic rings. The number of aliphatic hydroxyl groups is 2. The van der Waals surface area contributed by atoms with E-state index in [1.165, 1.54) is 0 Å². The number of halogens is 1. The molecule has 1 unspecified atom stereocenters. The van der Waals surface area contributed by atoms with Gasteiger partial charge in [-0.1, -0.05) is 35.5 Å². The molecule has 3 heterocycles. The van der Waals surface area contributed by atoms with Crippen molar-refractivity contribution in [1.82, 2.24) is 25.0 Å². The molecule has 1 saturated heterocycles. The largest absolute Gasteiger partial charge is 0.387 e. The minimum absolute atomic E-state index is 0.0919. The number of fused-ring (bicyclic) bond motifs is 1. The van der Waals surface area contributed by atoms with Crippen LogP contribution in [0.4, 0.5) is 5.82 Å². The lowest BCUT2D eigenvalue weighted by Crippen LogP contribution is -2.33. The molecule has 202 valence electrons. The van der Waals surface area contributed by atoms with Crippen molar-refractivity contribution in [2.75, 3.05) is 24.5 Å². The minimum atomic E-state index is -4.84. The van der Waals surface area contributed by atoms with Crippen LogP contribution < -0.4 is 4.90 Å². The number of aliphatic hydroxyl groups excluding tert-OH is 2. The molecule has 6 atom stereocenters. The molecule has 0 bridgehead atoms. The third-order valence-corrected chi connectivity index (χ3v) is 9.48. The number of anilines is 1. The molecule has 0 aliphatic carbocycles. The van der Waals surface area contributed by atoms with Gasteiger partial charge in [0.1, 0.15) is 18.3 Å². The van der Waals surface area contributed by atoms with Gasteiger partial charge >= 0.3 is 15.2 Å². The van der Waals surface area contributed by atoms with Crippen LogP contribution in [0, 0.1) is 0 Å². The Balaban J connectivity index is 1.59. The van der Waals surface area contributed by atoms with Crippen molar-refractivity contribution in [1.29, 1.82) is 0 Å². The van der Waals surface area contributed by atoms with Gasteiger partial charge in [0.05, 0.1) is 12.6 Å². The van der Waals surface area contributed by atoms with Gasteiger partial charge in [-0.15, -0.1) is 5.10 Å². The van der Waals surface area contributed by atoms with Crippen LogP contribution in [0.15, 0.2) is 30.3 Å². The van der Waals surface area contributed by atoms with Crippen LogP contribution in [-0.2, 0) is 18.4 Å². The average Bonchev–Trinajstić information content (AvgIpc) is 3.36. The Bertz CT molecular complexity index is 1360. The van der Waals surface area contributed by atoms with Crippen molar-refractivity contribution in [3.63, 3.8) is 0 Å². The second-order valence-electron chi connectivity index (χ2n) is 8.51. The average molecular weight is 579 g/mol. The number of hydrogen-bond donors (Lipinski definition) is 5. The van der Waals surface area contributed by atoms with Crippen LogP contribution in [0.2, 0.25) is 5.28 Å². The van der Waals surface area contributed by atoms with E-state index in [-0.39, 0.29) is 22.5 Å². The maximum atomic E-state index is 11.9. The Morgan fingerprint density at radius 3 is 2.49 bits per heavy atom. The molecule has 15 nitrogen and oxygen atoms in total. The first-order chi connectivity index (χ1) is 17.3. The summed E-state index contributed by atoms with van der Waals surface area (Å²) in [4.78, 5) is 37.8. The zero-order chi connectivity index (χ0) is 27.1. The van der Waals surface area contributed by atoms with Crippen LogP contribution in [-0.4, -0.2) is 87.7 Å². The SMILES string of the molecule is C[C@@H](c1ccccc1)N(C)c1nc(Cl)nc2c1nnn2[C@@H]1O[C@H](COP(=O)(O)CP(=O)(O)O)[C@@H](O)[C@H]1O. The first-order valence-electron chi connectivity index (χ1n) is 10.9. The fraction of sp³-hybridized carbons (Fsp3) is 0.474. The minimum Gasteiger partial charge on any atom is -0.387 e. The van der Waals surface area contributed by atoms with Crippen molar-refractivity contribution in [2.24, 2.45) is 0 Å². The third kappa shape index (κ3) is 6.18. The molecule has 4 rings (SSSR count). The van der Waals surface area contributed by atoms with Crippen molar-refractivity contribution >= 4 is 43.8 Å². The Labute approximate surface area is 215 Å². The maximum Gasteiger partial charge on any atom is 0.340 e. The van der Waals surface area contributed by atoms with E-state index in [9.17, 15) is 24.2 Å². The summed E-state index contributed by atoms with van der Waals surface area (Å²) in [6.07, 6.45) is -5.87. The highest BCUT2D eigenvalue weighted by atomic mass is 35.5. The van der Waals surface area contributed by atoms with Crippen molar-refractivity contribution in [3.05, 3.63) is 41.2 Å². The topological polar surface area (TPSA) is 213 Å². The van der Waals surface area contributed by atoms with E-state index in [1.807, 2.05) is 42.2 Å². The first-order valence-corrected chi connectivity index (χ1v) is 14.8. The van der Waals surface area contributed by atoms with Gasteiger partial charge in [-0.25, -0.2) is 0 Å². The lowest BCUT2D eigenvalue weighted by molar-refractivity contribution is -0.0549. The lowest BCUT2D eigenvalue weighted by atomic mass is 10.1. The molecule has 2 aromatic heterocycles. The highest BCUT2D eigenvalue weighted by Gasteiger charge is 2.46. The van der Waals surface area contributed by atoms with E-state index in [2.05, 4.69) is 20.3 Å². The van der Waals surface area contributed by atoms with E-state index < -0.39 is 52.2 Å². The number of ether oxygens (including phenoxy) is 1. The Morgan fingerprint density at radius 1 is 1.16 bits per heavy atom. The van der Waals surface area contributed by atoms with Crippen molar-refractivity contribution in [2.45, 2.75) is 37.5 Å². The smallest absolute Gasteiger partial charge is 0.340 e. The molecule has 1 fully saturated rings. The quantitative estimate of drug-likeness (QED) is 0.177. The van der Waals surface area contributed by atoms with Crippen molar-refractivity contribution < 1.29 is 43.3 Å². The summed E-state index contributed by atoms with van der Waals surface area (Å²) < 4.78 is 34.4. The van der Waals surface area contributed by atoms with Gasteiger partial charge in [-0.3, -0.25) is 9.13 Å². The molecular formula is C19H25ClN6O9P2. The summed E-state index contributed by atoms with van der Waals surface area (Å²) in [6.45, 7) is 1.21. The number of rotatable bonds is 9. The van der Waals surface area contributed by atoms with Gasteiger partial charge in [0.25, 0.3) is 0 Å². The van der Waals surface area contributed by atoms with Crippen LogP contribution >= 0.6 is 26.8 Å². The lowest BCUT2D eigenvalue weighted by Gasteiger charge is -2.26. The Kier molecular flexibility index (Phi) is 8.03.